The van der Waals surface area contributed by atoms with Gasteiger partial charge in [0.25, 0.3) is 17.5 Å². The van der Waals surface area contributed by atoms with Gasteiger partial charge < -0.3 is 15.4 Å². The molecular weight excluding hydrogens is 456 g/mol. The summed E-state index contributed by atoms with van der Waals surface area (Å²) >= 11 is 1.36. The summed E-state index contributed by atoms with van der Waals surface area (Å²) in [6.45, 7) is 0.277. The maximum absolute atomic E-state index is 12.8. The highest BCUT2D eigenvalue weighted by atomic mass is 32.1. The summed E-state index contributed by atoms with van der Waals surface area (Å²) in [4.78, 5) is 40.2. The Balaban J connectivity index is 1.34. The lowest BCUT2D eigenvalue weighted by Gasteiger charge is -2.32. The Labute approximate surface area is 200 Å². The van der Waals surface area contributed by atoms with Crippen LogP contribution >= 0.6 is 11.3 Å². The average Bonchev–Trinajstić information content (AvgIpc) is 3.34. The van der Waals surface area contributed by atoms with Crippen LogP contribution in [0.4, 0.5) is 5.69 Å². The number of carbonyl (C=O) groups excluding carboxylic acids is 2. The topological polar surface area (TPSA) is 123 Å². The van der Waals surface area contributed by atoms with Crippen LogP contribution in [0, 0.1) is 10.1 Å². The largest absolute Gasteiger partial charge is 0.486 e. The molecular formula is C24H24N4O5S. The van der Waals surface area contributed by atoms with E-state index in [4.69, 9.17) is 4.74 Å². The standard InChI is InChI=1S/C24H24N4O5S/c29-23(16-10-12-17(13-11-16)28(31)32)26-19-8-4-5-9-20(19)27-24(30)21-15-34-22(25-21)14-33-18-6-2-1-3-7-18/h1-3,6-7,10-13,15,19-20H,4-5,8-9,14H2,(H,26,29)(H,27,30)/t19-,20+/m1/s1. The van der Waals surface area contributed by atoms with Crippen LogP contribution in [-0.2, 0) is 6.61 Å². The first kappa shape index (κ1) is 23.4. The lowest BCUT2D eigenvalue weighted by Crippen LogP contribution is -2.53. The number of nitrogens with zero attached hydrogens (tertiary/aromatic N) is 2. The molecule has 1 aliphatic rings. The molecule has 0 unspecified atom stereocenters. The Morgan fingerprint density at radius 2 is 1.65 bits per heavy atom. The second-order valence-electron chi connectivity index (χ2n) is 7.98. The molecule has 4 rings (SSSR count). The molecule has 2 amide bonds. The summed E-state index contributed by atoms with van der Waals surface area (Å²) in [6, 6.07) is 14.4. The van der Waals surface area contributed by atoms with Crippen LogP contribution in [-0.4, -0.2) is 33.8 Å². The summed E-state index contributed by atoms with van der Waals surface area (Å²) in [5.41, 5.74) is 0.586. The van der Waals surface area contributed by atoms with Crippen LogP contribution in [0.25, 0.3) is 0 Å². The Kier molecular flexibility index (Phi) is 7.48. The van der Waals surface area contributed by atoms with Crippen molar-refractivity contribution in [1.82, 2.24) is 15.6 Å². The summed E-state index contributed by atoms with van der Waals surface area (Å²) in [5.74, 6) is 0.122. The number of thiazole rings is 1. The fraction of sp³-hybridized carbons (Fsp3) is 0.292. The minimum Gasteiger partial charge on any atom is -0.486 e. The van der Waals surface area contributed by atoms with Gasteiger partial charge in [0.05, 0.1) is 4.92 Å². The van der Waals surface area contributed by atoms with Crippen molar-refractivity contribution in [3.05, 3.63) is 86.4 Å². The number of hydrogen-bond donors (Lipinski definition) is 2. The third-order valence-electron chi connectivity index (χ3n) is 5.63. The van der Waals surface area contributed by atoms with Gasteiger partial charge in [0.2, 0.25) is 0 Å². The van der Waals surface area contributed by atoms with E-state index >= 15 is 0 Å². The third kappa shape index (κ3) is 5.96. The van der Waals surface area contributed by atoms with Gasteiger partial charge in [-0.3, -0.25) is 19.7 Å². The monoisotopic (exact) mass is 480 g/mol. The van der Waals surface area contributed by atoms with Gasteiger partial charge >= 0.3 is 0 Å². The van der Waals surface area contributed by atoms with E-state index in [1.807, 2.05) is 30.3 Å². The molecule has 1 aliphatic carbocycles. The summed E-state index contributed by atoms with van der Waals surface area (Å²) in [6.07, 6.45) is 3.36. The smallest absolute Gasteiger partial charge is 0.271 e. The number of hydrogen-bond acceptors (Lipinski definition) is 7. The zero-order chi connectivity index (χ0) is 23.9. The molecule has 1 heterocycles. The maximum atomic E-state index is 12.8. The van der Waals surface area contributed by atoms with E-state index < -0.39 is 4.92 Å². The Bertz CT molecular complexity index is 1150. The maximum Gasteiger partial charge on any atom is 0.271 e. The minimum absolute atomic E-state index is 0.0730. The van der Waals surface area contributed by atoms with E-state index in [0.29, 0.717) is 16.3 Å². The molecule has 3 aromatic rings. The molecule has 0 aliphatic heterocycles. The van der Waals surface area contributed by atoms with E-state index in [1.165, 1.54) is 35.6 Å². The number of carbonyl (C=O) groups is 2. The van der Waals surface area contributed by atoms with Gasteiger partial charge in [-0.1, -0.05) is 31.0 Å². The number of nitro benzene ring substituents is 1. The van der Waals surface area contributed by atoms with Gasteiger partial charge in [-0.25, -0.2) is 4.98 Å². The van der Waals surface area contributed by atoms with Crippen LogP contribution in [0.2, 0.25) is 0 Å². The Morgan fingerprint density at radius 3 is 2.29 bits per heavy atom. The normalized spacial score (nSPS) is 17.5. The van der Waals surface area contributed by atoms with Crippen molar-refractivity contribution in [2.24, 2.45) is 0 Å². The first-order valence-corrected chi connectivity index (χ1v) is 11.9. The van der Waals surface area contributed by atoms with Crippen LogP contribution in [0.15, 0.2) is 60.0 Å². The molecule has 0 radical (unpaired) electrons. The fourth-order valence-electron chi connectivity index (χ4n) is 3.85. The van der Waals surface area contributed by atoms with Crippen molar-refractivity contribution < 1.29 is 19.2 Å². The highest BCUT2D eigenvalue weighted by Crippen LogP contribution is 2.21. The van der Waals surface area contributed by atoms with Crippen molar-refractivity contribution >= 4 is 28.8 Å². The average molecular weight is 481 g/mol. The second kappa shape index (κ2) is 10.9. The molecule has 0 saturated heterocycles. The first-order chi connectivity index (χ1) is 16.5. The summed E-state index contributed by atoms with van der Waals surface area (Å²) in [5, 5.41) is 19.2. The molecule has 2 aromatic carbocycles. The molecule has 0 spiro atoms. The van der Waals surface area contributed by atoms with Gasteiger partial charge in [-0.2, -0.15) is 0 Å². The van der Waals surface area contributed by atoms with Gasteiger partial charge in [-0.05, 0) is 37.1 Å². The Morgan fingerprint density at radius 1 is 1.00 bits per heavy atom. The number of non-ortho nitro benzene ring substituents is 1. The quantitative estimate of drug-likeness (QED) is 0.370. The lowest BCUT2D eigenvalue weighted by atomic mass is 9.90. The number of aromatic nitrogens is 1. The van der Waals surface area contributed by atoms with Crippen molar-refractivity contribution in [3.8, 4) is 5.75 Å². The predicted octanol–water partition coefficient (Wildman–Crippen LogP) is 4.10. The van der Waals surface area contributed by atoms with E-state index in [9.17, 15) is 19.7 Å². The number of para-hydroxylation sites is 1. The zero-order valence-electron chi connectivity index (χ0n) is 18.3. The molecule has 34 heavy (non-hydrogen) atoms. The van der Waals surface area contributed by atoms with Gasteiger partial charge in [0, 0.05) is 35.2 Å². The molecule has 9 nitrogen and oxygen atoms in total. The zero-order valence-corrected chi connectivity index (χ0v) is 19.1. The third-order valence-corrected chi connectivity index (χ3v) is 6.45. The number of rotatable bonds is 8. The molecule has 10 heteroatoms. The minimum atomic E-state index is -0.508. The molecule has 1 fully saturated rings. The van der Waals surface area contributed by atoms with E-state index in [1.54, 1.807) is 5.38 Å². The molecule has 2 atom stereocenters. The lowest BCUT2D eigenvalue weighted by molar-refractivity contribution is -0.384. The fourth-order valence-corrected chi connectivity index (χ4v) is 4.53. The number of amides is 2. The van der Waals surface area contributed by atoms with Crippen molar-refractivity contribution in [1.29, 1.82) is 0 Å². The van der Waals surface area contributed by atoms with Crippen LogP contribution in [0.3, 0.4) is 0 Å². The SMILES string of the molecule is O=C(N[C@@H]1CCCC[C@@H]1NC(=O)c1csc(COc2ccccc2)n1)c1ccc([N+](=O)[O-])cc1. The summed E-state index contributed by atoms with van der Waals surface area (Å²) in [7, 11) is 0. The molecule has 1 saturated carbocycles. The van der Waals surface area contributed by atoms with E-state index in [2.05, 4.69) is 15.6 Å². The van der Waals surface area contributed by atoms with Crippen LogP contribution in [0.5, 0.6) is 5.75 Å². The van der Waals surface area contributed by atoms with Crippen molar-refractivity contribution in [3.63, 3.8) is 0 Å². The molecule has 0 bridgehead atoms. The number of nitro groups is 1. The van der Waals surface area contributed by atoms with Crippen molar-refractivity contribution in [2.75, 3.05) is 0 Å². The van der Waals surface area contributed by atoms with Crippen LogP contribution in [0.1, 0.15) is 51.5 Å². The Hall–Kier alpha value is -3.79. The molecule has 2 N–H and O–H groups in total. The van der Waals surface area contributed by atoms with Gasteiger partial charge in [0.1, 0.15) is 23.1 Å². The predicted molar refractivity (Wildman–Crippen MR) is 127 cm³/mol. The van der Waals surface area contributed by atoms with Crippen molar-refractivity contribution in [2.45, 2.75) is 44.4 Å². The number of benzene rings is 2. The second-order valence-corrected chi connectivity index (χ2v) is 8.92. The summed E-state index contributed by atoms with van der Waals surface area (Å²) < 4.78 is 5.69. The van der Waals surface area contributed by atoms with E-state index in [-0.39, 0.29) is 36.2 Å². The van der Waals surface area contributed by atoms with Gasteiger partial charge in [0.15, 0.2) is 0 Å². The molecule has 176 valence electrons. The van der Waals surface area contributed by atoms with Crippen LogP contribution < -0.4 is 15.4 Å². The first-order valence-electron chi connectivity index (χ1n) is 11.0. The number of ether oxygens (including phenoxy) is 1. The van der Waals surface area contributed by atoms with Gasteiger partial charge in [-0.15, -0.1) is 11.3 Å². The molecule has 1 aromatic heterocycles. The highest BCUT2D eigenvalue weighted by Gasteiger charge is 2.29. The highest BCUT2D eigenvalue weighted by molar-refractivity contribution is 7.09. The van der Waals surface area contributed by atoms with E-state index in [0.717, 1.165) is 31.4 Å². The number of nitrogens with one attached hydrogen (secondary N) is 2.